The maximum atomic E-state index is 13.1. The Morgan fingerprint density at radius 3 is 2.48 bits per heavy atom. The summed E-state index contributed by atoms with van der Waals surface area (Å²) >= 11 is 0. The molecule has 184 valence electrons. The van der Waals surface area contributed by atoms with Crippen LogP contribution in [0.3, 0.4) is 0 Å². The van der Waals surface area contributed by atoms with Crippen LogP contribution in [0.15, 0.2) is 23.8 Å². The minimum atomic E-state index is -0.408. The van der Waals surface area contributed by atoms with Crippen LogP contribution >= 0.6 is 0 Å². The third-order valence-corrected chi connectivity index (χ3v) is 7.78. The molecular formula is C28H43NO4. The number of ether oxygens (including phenoxy) is 1. The Balaban J connectivity index is 1.95. The summed E-state index contributed by atoms with van der Waals surface area (Å²) in [5, 5.41) is 24.0. The van der Waals surface area contributed by atoms with Gasteiger partial charge in [-0.1, -0.05) is 54.0 Å². The van der Waals surface area contributed by atoms with Crippen molar-refractivity contribution in [3.63, 3.8) is 0 Å². The molecule has 0 saturated heterocycles. The zero-order chi connectivity index (χ0) is 24.8. The maximum absolute atomic E-state index is 13.1. The summed E-state index contributed by atoms with van der Waals surface area (Å²) < 4.78 is 6.48. The summed E-state index contributed by atoms with van der Waals surface area (Å²) in [6.07, 6.45) is 5.35. The molecule has 0 radical (unpaired) electrons. The van der Waals surface area contributed by atoms with Gasteiger partial charge in [0.1, 0.15) is 17.1 Å². The van der Waals surface area contributed by atoms with Crippen molar-refractivity contribution in [3.8, 4) is 11.5 Å². The molecule has 1 aliphatic heterocycles. The summed E-state index contributed by atoms with van der Waals surface area (Å²) in [6.45, 7) is 16.7. The van der Waals surface area contributed by atoms with Crippen molar-refractivity contribution < 1.29 is 19.7 Å². The van der Waals surface area contributed by atoms with Gasteiger partial charge in [0.25, 0.3) is 0 Å². The van der Waals surface area contributed by atoms with Gasteiger partial charge in [-0.3, -0.25) is 4.79 Å². The van der Waals surface area contributed by atoms with Crippen LogP contribution in [-0.2, 0) is 10.2 Å². The Hall–Kier alpha value is -2.01. The molecule has 3 rings (SSSR count). The molecule has 1 aromatic rings. The van der Waals surface area contributed by atoms with Gasteiger partial charge in [-0.15, -0.1) is 0 Å². The Morgan fingerprint density at radius 1 is 1.24 bits per heavy atom. The highest BCUT2D eigenvalue weighted by atomic mass is 16.5. The van der Waals surface area contributed by atoms with E-state index in [1.54, 1.807) is 0 Å². The standard InChI is InChI=1S/C28H43NO4/c1-9-12-27(5,6)18-14-21(31)24-19-13-17(25(32)29-23(16-30)26(2,3)4)10-11-20(19)28(7,8)33-22(24)15-18/h10,14-15,19-20,23,30-31H,9,11-13,16H2,1-8H3,(H,29,32)/t19-,20-,23-/m1/s1. The largest absolute Gasteiger partial charge is 0.508 e. The number of phenols is 1. The van der Waals surface area contributed by atoms with Crippen LogP contribution in [0.25, 0.3) is 0 Å². The number of carbonyl (C=O) groups excluding carboxylic acids is 1. The lowest BCUT2D eigenvalue weighted by molar-refractivity contribution is -0.119. The van der Waals surface area contributed by atoms with Gasteiger partial charge in [-0.25, -0.2) is 0 Å². The number of amides is 1. The number of aliphatic hydroxyl groups is 1. The topological polar surface area (TPSA) is 78.8 Å². The van der Waals surface area contributed by atoms with Gasteiger partial charge in [0.2, 0.25) is 5.91 Å². The van der Waals surface area contributed by atoms with E-state index < -0.39 is 5.60 Å². The lowest BCUT2D eigenvalue weighted by Crippen LogP contribution is -2.49. The molecule has 5 heteroatoms. The average Bonchev–Trinajstić information content (AvgIpc) is 2.69. The van der Waals surface area contributed by atoms with Crippen LogP contribution in [-0.4, -0.2) is 34.4 Å². The van der Waals surface area contributed by atoms with Gasteiger partial charge < -0.3 is 20.3 Å². The van der Waals surface area contributed by atoms with Crippen molar-refractivity contribution in [1.82, 2.24) is 5.32 Å². The molecule has 3 atom stereocenters. The van der Waals surface area contributed by atoms with E-state index in [0.29, 0.717) is 12.8 Å². The predicted octanol–water partition coefficient (Wildman–Crippen LogP) is 5.58. The van der Waals surface area contributed by atoms with Crippen LogP contribution < -0.4 is 10.1 Å². The molecule has 1 amide bonds. The number of allylic oxidation sites excluding steroid dienone is 1. The fourth-order valence-electron chi connectivity index (χ4n) is 5.53. The van der Waals surface area contributed by atoms with E-state index in [9.17, 15) is 15.0 Å². The average molecular weight is 458 g/mol. The van der Waals surface area contributed by atoms with Gasteiger partial charge in [-0.2, -0.15) is 0 Å². The molecular weight excluding hydrogens is 414 g/mol. The van der Waals surface area contributed by atoms with Gasteiger partial charge in [0, 0.05) is 23.0 Å². The Kier molecular flexibility index (Phi) is 6.97. The highest BCUT2D eigenvalue weighted by molar-refractivity contribution is 5.94. The quantitative estimate of drug-likeness (QED) is 0.521. The van der Waals surface area contributed by atoms with Crippen LogP contribution in [0.5, 0.6) is 11.5 Å². The fraction of sp³-hybridized carbons (Fsp3) is 0.679. The van der Waals surface area contributed by atoms with Crippen LogP contribution in [0, 0.1) is 11.3 Å². The van der Waals surface area contributed by atoms with Gasteiger partial charge in [-0.05, 0) is 61.6 Å². The summed E-state index contributed by atoms with van der Waals surface area (Å²) in [6, 6.07) is 3.67. The molecule has 1 aromatic carbocycles. The molecule has 1 aliphatic carbocycles. The zero-order valence-corrected chi connectivity index (χ0v) is 21.7. The van der Waals surface area contributed by atoms with Gasteiger partial charge in [0.15, 0.2) is 0 Å². The minimum absolute atomic E-state index is 0.0000469. The van der Waals surface area contributed by atoms with Crippen molar-refractivity contribution >= 4 is 5.91 Å². The smallest absolute Gasteiger partial charge is 0.247 e. The van der Waals surface area contributed by atoms with Crippen molar-refractivity contribution in [2.45, 2.75) is 104 Å². The molecule has 33 heavy (non-hydrogen) atoms. The third-order valence-electron chi connectivity index (χ3n) is 7.78. The Labute approximate surface area is 199 Å². The Bertz CT molecular complexity index is 923. The summed E-state index contributed by atoms with van der Waals surface area (Å²) in [5.74, 6) is 1.04. The second kappa shape index (κ2) is 8.98. The van der Waals surface area contributed by atoms with Crippen LogP contribution in [0.1, 0.15) is 98.1 Å². The number of aromatic hydroxyl groups is 1. The minimum Gasteiger partial charge on any atom is -0.508 e. The second-order valence-electron chi connectivity index (χ2n) is 12.2. The van der Waals surface area contributed by atoms with E-state index in [0.717, 1.165) is 35.3 Å². The molecule has 0 bridgehead atoms. The maximum Gasteiger partial charge on any atom is 0.247 e. The number of aliphatic hydroxyl groups excluding tert-OH is 1. The first-order chi connectivity index (χ1) is 15.2. The summed E-state index contributed by atoms with van der Waals surface area (Å²) in [7, 11) is 0. The van der Waals surface area contributed by atoms with E-state index in [4.69, 9.17) is 4.74 Å². The number of hydrogen-bond donors (Lipinski definition) is 3. The van der Waals surface area contributed by atoms with E-state index in [1.807, 2.05) is 32.9 Å². The van der Waals surface area contributed by atoms with E-state index in [-0.39, 0.29) is 47.0 Å². The van der Waals surface area contributed by atoms with E-state index in [1.165, 1.54) is 0 Å². The van der Waals surface area contributed by atoms with E-state index in [2.05, 4.69) is 46.0 Å². The lowest BCUT2D eigenvalue weighted by atomic mass is 9.66. The first-order valence-corrected chi connectivity index (χ1v) is 12.4. The Morgan fingerprint density at radius 2 is 1.91 bits per heavy atom. The van der Waals surface area contributed by atoms with Crippen LogP contribution in [0.4, 0.5) is 0 Å². The molecule has 0 unspecified atom stereocenters. The number of rotatable bonds is 6. The van der Waals surface area contributed by atoms with Crippen molar-refractivity contribution in [1.29, 1.82) is 0 Å². The molecule has 0 spiro atoms. The lowest BCUT2D eigenvalue weighted by Gasteiger charge is -2.47. The molecule has 5 nitrogen and oxygen atoms in total. The van der Waals surface area contributed by atoms with Crippen molar-refractivity contribution in [2.75, 3.05) is 6.61 Å². The molecule has 0 fully saturated rings. The van der Waals surface area contributed by atoms with Gasteiger partial charge in [0.05, 0.1) is 12.6 Å². The number of carbonyl (C=O) groups is 1. The summed E-state index contributed by atoms with van der Waals surface area (Å²) in [5.41, 5.74) is 1.91. The van der Waals surface area contributed by atoms with Gasteiger partial charge >= 0.3 is 0 Å². The normalized spacial score (nSPS) is 23.0. The molecule has 1 heterocycles. The van der Waals surface area contributed by atoms with Crippen molar-refractivity contribution in [2.24, 2.45) is 11.3 Å². The highest BCUT2D eigenvalue weighted by Gasteiger charge is 2.47. The number of benzene rings is 1. The number of phenolic OH excluding ortho intramolecular Hbond substituents is 1. The van der Waals surface area contributed by atoms with Crippen molar-refractivity contribution in [3.05, 3.63) is 34.9 Å². The third kappa shape index (κ3) is 5.08. The number of fused-ring (bicyclic) bond motifs is 3. The second-order valence-corrected chi connectivity index (χ2v) is 12.2. The van der Waals surface area contributed by atoms with Crippen LogP contribution in [0.2, 0.25) is 0 Å². The molecule has 3 N–H and O–H groups in total. The molecule has 0 aromatic heterocycles. The summed E-state index contributed by atoms with van der Waals surface area (Å²) in [4.78, 5) is 13.1. The first-order valence-electron chi connectivity index (χ1n) is 12.4. The fourth-order valence-corrected chi connectivity index (χ4v) is 5.53. The molecule has 2 aliphatic rings. The molecule has 0 saturated carbocycles. The predicted molar refractivity (Wildman–Crippen MR) is 133 cm³/mol. The number of nitrogens with one attached hydrogen (secondary N) is 1. The highest BCUT2D eigenvalue weighted by Crippen LogP contribution is 2.55. The zero-order valence-electron chi connectivity index (χ0n) is 21.7. The number of hydrogen-bond acceptors (Lipinski definition) is 4. The monoisotopic (exact) mass is 457 g/mol. The van der Waals surface area contributed by atoms with E-state index >= 15 is 0 Å². The first kappa shape index (κ1) is 25.6. The SMILES string of the molecule is CCCC(C)(C)c1cc(O)c2c(c1)OC(C)(C)[C@@H]1CC=C(C(=O)N[C@H](CO)C(C)(C)C)C[C@@H]21.